The number of aliphatic hydroxyl groups is 2. The van der Waals surface area contributed by atoms with Crippen molar-refractivity contribution in [1.29, 1.82) is 0 Å². The number of aryl methyl sites for hydroxylation is 1. The normalized spacial score (nSPS) is 23.8. The van der Waals surface area contributed by atoms with Crippen molar-refractivity contribution in [2.75, 3.05) is 12.8 Å². The molecule has 0 unspecified atom stereocenters. The minimum atomic E-state index is -1.37. The van der Waals surface area contributed by atoms with Gasteiger partial charge in [-0.1, -0.05) is 12.1 Å². The smallest absolute Gasteiger partial charge is 0.339 e. The van der Waals surface area contributed by atoms with Crippen LogP contribution in [-0.2, 0) is 15.9 Å². The molecule has 1 aromatic heterocycles. The lowest BCUT2D eigenvalue weighted by Gasteiger charge is -2.46. The van der Waals surface area contributed by atoms with Crippen LogP contribution in [0.3, 0.4) is 0 Å². The van der Waals surface area contributed by atoms with Crippen LogP contribution in [0.5, 0.6) is 5.75 Å². The first-order chi connectivity index (χ1) is 16.5. The van der Waals surface area contributed by atoms with Crippen LogP contribution in [0.2, 0.25) is 0 Å². The number of hydrogen-bond acceptors (Lipinski definition) is 9. The largest absolute Gasteiger partial charge is 0.462 e. The molecule has 0 aliphatic carbocycles. The van der Waals surface area contributed by atoms with Crippen molar-refractivity contribution < 1.29 is 33.6 Å². The van der Waals surface area contributed by atoms with Gasteiger partial charge in [0.2, 0.25) is 6.29 Å². The first-order valence-corrected chi connectivity index (χ1v) is 11.2. The maximum absolute atomic E-state index is 12.7. The molecule has 1 aliphatic heterocycles. The van der Waals surface area contributed by atoms with Crippen molar-refractivity contribution in [3.8, 4) is 5.75 Å². The van der Waals surface area contributed by atoms with E-state index in [-0.39, 0.29) is 23.4 Å². The summed E-state index contributed by atoms with van der Waals surface area (Å²) in [5.74, 6) is 0.0230. The summed E-state index contributed by atoms with van der Waals surface area (Å²) in [4.78, 5) is 25.4. The second-order valence-corrected chi connectivity index (χ2v) is 9.20. The highest BCUT2D eigenvalue weighted by Gasteiger charge is 2.50. The number of carbonyl (C=O) groups excluding carboxylic acids is 1. The maximum atomic E-state index is 12.7. The van der Waals surface area contributed by atoms with Crippen LogP contribution in [0.25, 0.3) is 11.0 Å². The van der Waals surface area contributed by atoms with Gasteiger partial charge in [-0.2, -0.15) is 0 Å². The molecule has 4 N–H and O–H groups in total. The van der Waals surface area contributed by atoms with Crippen LogP contribution < -0.4 is 16.1 Å². The SMILES string of the molecule is CO[C@@H]1[C@@H](O)[C@@H](O)[C@H](Oc2ccc3cc(CC(=O)c4ccccc4N)c(=O)oc3c2C)OC1(C)C. The lowest BCUT2D eigenvalue weighted by atomic mass is 9.89. The molecule has 9 nitrogen and oxygen atoms in total. The molecule has 0 radical (unpaired) electrons. The molecule has 0 spiro atoms. The second kappa shape index (κ2) is 9.43. The minimum absolute atomic E-state index is 0.153. The molecule has 2 aromatic carbocycles. The van der Waals surface area contributed by atoms with E-state index in [0.717, 1.165) is 0 Å². The molecule has 1 fully saturated rings. The highest BCUT2D eigenvalue weighted by molar-refractivity contribution is 6.02. The van der Waals surface area contributed by atoms with Crippen molar-refractivity contribution in [2.45, 2.75) is 57.4 Å². The average Bonchev–Trinajstić information content (AvgIpc) is 2.80. The summed E-state index contributed by atoms with van der Waals surface area (Å²) in [6.07, 6.45) is -4.68. The van der Waals surface area contributed by atoms with E-state index in [2.05, 4.69) is 0 Å². The van der Waals surface area contributed by atoms with Gasteiger partial charge in [-0.25, -0.2) is 4.79 Å². The van der Waals surface area contributed by atoms with Crippen molar-refractivity contribution in [1.82, 2.24) is 0 Å². The lowest BCUT2D eigenvalue weighted by molar-refractivity contribution is -0.306. The molecule has 0 saturated carbocycles. The molecule has 9 heteroatoms. The fraction of sp³-hybridized carbons (Fsp3) is 0.385. The van der Waals surface area contributed by atoms with Gasteiger partial charge in [0, 0.05) is 41.3 Å². The molecule has 1 saturated heterocycles. The Morgan fingerprint density at radius 2 is 1.86 bits per heavy atom. The summed E-state index contributed by atoms with van der Waals surface area (Å²) in [5.41, 5.74) is 5.99. The van der Waals surface area contributed by atoms with Crippen LogP contribution in [0.1, 0.15) is 35.3 Å². The Labute approximate surface area is 202 Å². The summed E-state index contributed by atoms with van der Waals surface area (Å²) in [7, 11) is 1.43. The van der Waals surface area contributed by atoms with E-state index < -0.39 is 35.8 Å². The number of ketones is 1. The summed E-state index contributed by atoms with van der Waals surface area (Å²) in [5, 5.41) is 21.6. The average molecular weight is 484 g/mol. The third-order valence-electron chi connectivity index (χ3n) is 6.33. The Morgan fingerprint density at radius 1 is 1.14 bits per heavy atom. The third kappa shape index (κ3) is 4.68. The van der Waals surface area contributed by atoms with Gasteiger partial charge in [0.05, 0.1) is 5.60 Å². The highest BCUT2D eigenvalue weighted by atomic mass is 16.7. The number of nitrogen functional groups attached to an aromatic ring is 1. The number of nitrogens with two attached hydrogens (primary N) is 1. The summed E-state index contributed by atoms with van der Waals surface area (Å²) < 4.78 is 22.6. The fourth-order valence-electron chi connectivity index (χ4n) is 4.45. The van der Waals surface area contributed by atoms with E-state index in [1.165, 1.54) is 7.11 Å². The zero-order valence-corrected chi connectivity index (χ0v) is 20.0. The molecule has 35 heavy (non-hydrogen) atoms. The van der Waals surface area contributed by atoms with Gasteiger partial charge in [0.15, 0.2) is 5.78 Å². The molecular formula is C26H29NO8. The van der Waals surface area contributed by atoms with Gasteiger partial charge in [-0.3, -0.25) is 4.79 Å². The van der Waals surface area contributed by atoms with E-state index in [1.807, 2.05) is 0 Å². The van der Waals surface area contributed by atoms with Crippen LogP contribution in [-0.4, -0.2) is 53.3 Å². The zero-order valence-electron chi connectivity index (χ0n) is 20.0. The molecule has 4 atom stereocenters. The fourth-order valence-corrected chi connectivity index (χ4v) is 4.45. The molecule has 0 bridgehead atoms. The monoisotopic (exact) mass is 483 g/mol. The van der Waals surface area contributed by atoms with E-state index in [9.17, 15) is 19.8 Å². The quantitative estimate of drug-likeness (QED) is 0.274. The Kier molecular flexibility index (Phi) is 6.70. The van der Waals surface area contributed by atoms with Crippen LogP contribution >= 0.6 is 0 Å². The highest BCUT2D eigenvalue weighted by Crippen LogP contribution is 2.34. The van der Waals surface area contributed by atoms with Crippen LogP contribution in [0.15, 0.2) is 51.7 Å². The number of anilines is 1. The van der Waals surface area contributed by atoms with E-state index in [1.54, 1.807) is 63.2 Å². The molecule has 2 heterocycles. The number of fused-ring (bicyclic) bond motifs is 1. The molecule has 1 aliphatic rings. The van der Waals surface area contributed by atoms with Crippen molar-refractivity contribution in [2.24, 2.45) is 0 Å². The summed E-state index contributed by atoms with van der Waals surface area (Å²) in [6, 6.07) is 11.6. The van der Waals surface area contributed by atoms with Crippen LogP contribution in [0, 0.1) is 6.92 Å². The second-order valence-electron chi connectivity index (χ2n) is 9.20. The third-order valence-corrected chi connectivity index (χ3v) is 6.33. The predicted octanol–water partition coefficient (Wildman–Crippen LogP) is 2.36. The number of hydrogen-bond donors (Lipinski definition) is 3. The number of ether oxygens (including phenoxy) is 3. The number of para-hydroxylation sites is 1. The predicted molar refractivity (Wildman–Crippen MR) is 129 cm³/mol. The van der Waals surface area contributed by atoms with Crippen molar-refractivity contribution in [3.05, 3.63) is 69.6 Å². The maximum Gasteiger partial charge on any atom is 0.339 e. The Bertz CT molecular complexity index is 1310. The van der Waals surface area contributed by atoms with Crippen LogP contribution in [0.4, 0.5) is 5.69 Å². The standard InChI is InChI=1S/C26H29NO8/c1-13-19(33-25-21(30)20(29)23(32-4)26(2,3)35-25)10-9-14-11-15(24(31)34-22(13)14)12-18(28)16-7-5-6-8-17(16)27/h5-11,20-21,23,25,29-30H,12,27H2,1-4H3/t20-,21+,23+,25+/m0/s1. The number of Topliss-reactive ketones (excluding diaryl/α,β-unsaturated/α-hetero) is 1. The van der Waals surface area contributed by atoms with Crippen molar-refractivity contribution in [3.63, 3.8) is 0 Å². The molecular weight excluding hydrogens is 454 g/mol. The van der Waals surface area contributed by atoms with E-state index in [0.29, 0.717) is 28.0 Å². The Hall–Kier alpha value is -3.24. The number of benzene rings is 2. The number of rotatable bonds is 6. The molecule has 0 amide bonds. The van der Waals surface area contributed by atoms with Gasteiger partial charge in [-0.15, -0.1) is 0 Å². The lowest BCUT2D eigenvalue weighted by Crippen LogP contribution is -2.63. The first-order valence-electron chi connectivity index (χ1n) is 11.2. The zero-order chi connectivity index (χ0) is 25.5. The van der Waals surface area contributed by atoms with Gasteiger partial charge in [0.1, 0.15) is 29.6 Å². The summed E-state index contributed by atoms with van der Waals surface area (Å²) in [6.45, 7) is 5.15. The Balaban J connectivity index is 1.61. The molecule has 3 aromatic rings. The van der Waals surface area contributed by atoms with Gasteiger partial charge in [-0.05, 0) is 51.1 Å². The molecule has 186 valence electrons. The van der Waals surface area contributed by atoms with Crippen molar-refractivity contribution >= 4 is 22.4 Å². The summed E-state index contributed by atoms with van der Waals surface area (Å²) >= 11 is 0. The van der Waals surface area contributed by atoms with Gasteiger partial charge >= 0.3 is 5.63 Å². The number of aliphatic hydroxyl groups excluding tert-OH is 2. The number of methoxy groups -OCH3 is 1. The van der Waals surface area contributed by atoms with Gasteiger partial charge < -0.3 is 34.6 Å². The minimum Gasteiger partial charge on any atom is -0.462 e. The van der Waals surface area contributed by atoms with E-state index >= 15 is 0 Å². The molecule has 4 rings (SSSR count). The van der Waals surface area contributed by atoms with E-state index in [4.69, 9.17) is 24.4 Å². The topological polar surface area (TPSA) is 141 Å². The Morgan fingerprint density at radius 3 is 2.54 bits per heavy atom. The van der Waals surface area contributed by atoms with Gasteiger partial charge in [0.25, 0.3) is 0 Å². The number of carbonyl (C=O) groups is 1. The first kappa shape index (κ1) is 24.9.